The number of methoxy groups -OCH3 is 1. The third kappa shape index (κ3) is 2.30. The molecule has 0 unspecified atom stereocenters. The monoisotopic (exact) mass is 263 g/mol. The molecule has 6 heteroatoms. The van der Waals surface area contributed by atoms with E-state index in [0.717, 1.165) is 28.2 Å². The fourth-order valence-electron chi connectivity index (χ4n) is 2.04. The van der Waals surface area contributed by atoms with Crippen molar-refractivity contribution in [3.63, 3.8) is 0 Å². The summed E-state index contributed by atoms with van der Waals surface area (Å²) in [6.45, 7) is 1.86. The smallest absolute Gasteiger partial charge is 0.338 e. The molecule has 1 heterocycles. The Labute approximate surface area is 109 Å². The Morgan fingerprint density at radius 2 is 2.39 bits per heavy atom. The Morgan fingerprint density at radius 3 is 3.06 bits per heavy atom. The minimum Gasteiger partial charge on any atom is -0.465 e. The molecular weight excluding hydrogens is 250 g/mol. The quantitative estimate of drug-likeness (QED) is 0.354. The lowest BCUT2D eigenvalue weighted by Gasteiger charge is -2.22. The van der Waals surface area contributed by atoms with E-state index in [1.165, 1.54) is 7.11 Å². The van der Waals surface area contributed by atoms with Gasteiger partial charge in [-0.15, -0.1) is 11.8 Å². The number of rotatable bonds is 2. The lowest BCUT2D eigenvalue weighted by atomic mass is 9.99. The van der Waals surface area contributed by atoms with Crippen molar-refractivity contribution in [3.8, 4) is 0 Å². The number of benzene rings is 1. The van der Waals surface area contributed by atoms with Gasteiger partial charge in [0.05, 0.1) is 18.7 Å². The molecule has 0 aromatic heterocycles. The van der Waals surface area contributed by atoms with Gasteiger partial charge in [-0.3, -0.25) is 0 Å². The van der Waals surface area contributed by atoms with Crippen LogP contribution in [0.25, 0.3) is 10.4 Å². The van der Waals surface area contributed by atoms with Gasteiger partial charge in [-0.1, -0.05) is 11.2 Å². The van der Waals surface area contributed by atoms with E-state index in [9.17, 15) is 4.79 Å². The molecule has 1 aliphatic heterocycles. The van der Waals surface area contributed by atoms with Crippen molar-refractivity contribution < 1.29 is 9.53 Å². The van der Waals surface area contributed by atoms with E-state index < -0.39 is 0 Å². The molecule has 5 nitrogen and oxygen atoms in total. The Balaban J connectivity index is 2.50. The predicted molar refractivity (Wildman–Crippen MR) is 69.7 cm³/mol. The molecule has 1 aromatic rings. The normalized spacial score (nSPS) is 17.6. The van der Waals surface area contributed by atoms with Crippen molar-refractivity contribution in [3.05, 3.63) is 39.3 Å². The highest BCUT2D eigenvalue weighted by Gasteiger charge is 2.22. The maximum atomic E-state index is 11.6. The van der Waals surface area contributed by atoms with Crippen LogP contribution in [0.15, 0.2) is 22.1 Å². The first kappa shape index (κ1) is 12.8. The first-order valence-electron chi connectivity index (χ1n) is 5.57. The molecule has 0 N–H and O–H groups in total. The van der Waals surface area contributed by atoms with Crippen LogP contribution in [0, 0.1) is 6.92 Å². The third-order valence-corrected chi connectivity index (χ3v) is 4.07. The molecule has 0 amide bonds. The zero-order valence-electron chi connectivity index (χ0n) is 10.2. The van der Waals surface area contributed by atoms with Crippen LogP contribution in [-0.4, -0.2) is 18.8 Å². The summed E-state index contributed by atoms with van der Waals surface area (Å²) in [5, 5.41) is 3.81. The highest BCUT2D eigenvalue weighted by molar-refractivity contribution is 7.99. The lowest BCUT2D eigenvalue weighted by molar-refractivity contribution is 0.0599. The van der Waals surface area contributed by atoms with Crippen molar-refractivity contribution in [2.24, 2.45) is 5.11 Å². The number of thioether (sulfide) groups is 1. The van der Waals surface area contributed by atoms with Crippen molar-refractivity contribution in [1.82, 2.24) is 0 Å². The summed E-state index contributed by atoms with van der Waals surface area (Å²) >= 11 is 1.68. The van der Waals surface area contributed by atoms with Crippen LogP contribution in [0.3, 0.4) is 0 Å². The zero-order chi connectivity index (χ0) is 13.1. The molecule has 18 heavy (non-hydrogen) atoms. The van der Waals surface area contributed by atoms with Gasteiger partial charge in [-0.05, 0) is 41.8 Å². The molecule has 94 valence electrons. The number of fused-ring (bicyclic) bond motifs is 1. The average Bonchev–Trinajstić information content (AvgIpc) is 2.38. The van der Waals surface area contributed by atoms with Gasteiger partial charge in [0.25, 0.3) is 0 Å². The number of azide groups is 1. The van der Waals surface area contributed by atoms with E-state index >= 15 is 0 Å². The number of ether oxygens (including phenoxy) is 1. The minimum atomic E-state index is -0.332. The summed E-state index contributed by atoms with van der Waals surface area (Å²) in [5.74, 6) is 0.558. The number of esters is 1. The molecule has 0 saturated carbocycles. The van der Waals surface area contributed by atoms with Gasteiger partial charge < -0.3 is 4.74 Å². The van der Waals surface area contributed by atoms with Gasteiger partial charge >= 0.3 is 5.97 Å². The van der Waals surface area contributed by atoms with E-state index in [2.05, 4.69) is 10.0 Å². The van der Waals surface area contributed by atoms with Crippen molar-refractivity contribution in [2.45, 2.75) is 24.3 Å². The maximum Gasteiger partial charge on any atom is 0.338 e. The van der Waals surface area contributed by atoms with Crippen LogP contribution >= 0.6 is 11.8 Å². The first-order chi connectivity index (χ1) is 8.67. The van der Waals surface area contributed by atoms with Crippen molar-refractivity contribution in [2.75, 3.05) is 12.9 Å². The summed E-state index contributed by atoms with van der Waals surface area (Å²) in [4.78, 5) is 15.5. The second-order valence-electron chi connectivity index (χ2n) is 4.05. The van der Waals surface area contributed by atoms with Crippen LogP contribution in [0.2, 0.25) is 0 Å². The summed E-state index contributed by atoms with van der Waals surface area (Å²) in [6, 6.07) is 3.63. The first-order valence-corrected chi connectivity index (χ1v) is 6.55. The molecule has 1 aliphatic rings. The number of hydrogen-bond donors (Lipinski definition) is 0. The number of aryl methyl sites for hydroxylation is 1. The fraction of sp³-hybridized carbons (Fsp3) is 0.417. The van der Waals surface area contributed by atoms with Crippen LogP contribution in [0.5, 0.6) is 0 Å². The second-order valence-corrected chi connectivity index (χ2v) is 5.19. The number of carbonyl (C=O) groups is 1. The van der Waals surface area contributed by atoms with E-state index in [1.54, 1.807) is 11.8 Å². The Hall–Kier alpha value is -1.65. The summed E-state index contributed by atoms with van der Waals surface area (Å²) in [5.41, 5.74) is 11.0. The highest BCUT2D eigenvalue weighted by Crippen LogP contribution is 2.39. The molecule has 1 atom stereocenters. The van der Waals surface area contributed by atoms with Gasteiger partial charge in [-0.2, -0.15) is 0 Å². The number of hydrogen-bond acceptors (Lipinski definition) is 4. The SMILES string of the molecule is COC(=O)c1cc2c(cc1C)[C@@H](N=[N+]=[N-])CCS2. The van der Waals surface area contributed by atoms with Gasteiger partial charge in [0, 0.05) is 9.81 Å². The molecular formula is C12H13N3O2S. The molecule has 1 aromatic carbocycles. The van der Waals surface area contributed by atoms with Crippen LogP contribution in [0.4, 0.5) is 0 Å². The number of carbonyl (C=O) groups excluding carboxylic acids is 1. The minimum absolute atomic E-state index is 0.128. The number of nitrogens with zero attached hydrogens (tertiary/aromatic N) is 3. The third-order valence-electron chi connectivity index (χ3n) is 2.96. The molecule has 0 fully saturated rings. The van der Waals surface area contributed by atoms with Gasteiger partial charge in [0.1, 0.15) is 0 Å². The zero-order valence-corrected chi connectivity index (χ0v) is 11.0. The molecule has 0 spiro atoms. The van der Waals surface area contributed by atoms with E-state index in [1.807, 2.05) is 19.1 Å². The second kappa shape index (κ2) is 5.33. The Morgan fingerprint density at radius 1 is 1.61 bits per heavy atom. The highest BCUT2D eigenvalue weighted by atomic mass is 32.2. The maximum absolute atomic E-state index is 11.6. The van der Waals surface area contributed by atoms with Crippen LogP contribution in [-0.2, 0) is 4.74 Å². The van der Waals surface area contributed by atoms with E-state index in [0.29, 0.717) is 5.56 Å². The van der Waals surface area contributed by atoms with Gasteiger partial charge in [-0.25, -0.2) is 4.79 Å². The Bertz CT molecular complexity index is 538. The van der Waals surface area contributed by atoms with Crippen molar-refractivity contribution in [1.29, 1.82) is 0 Å². The van der Waals surface area contributed by atoms with Crippen LogP contribution in [0.1, 0.15) is 33.9 Å². The van der Waals surface area contributed by atoms with Gasteiger partial charge in [0.2, 0.25) is 0 Å². The van der Waals surface area contributed by atoms with Gasteiger partial charge in [0.15, 0.2) is 0 Å². The fourth-order valence-corrected chi connectivity index (χ4v) is 3.17. The topological polar surface area (TPSA) is 75.1 Å². The standard InChI is InChI=1S/C12H13N3O2S/c1-7-5-9-10(14-15-13)3-4-18-11(9)6-8(7)12(16)17-2/h5-6,10H,3-4H2,1-2H3/t10-/m0/s1. The van der Waals surface area contributed by atoms with E-state index in [4.69, 9.17) is 10.3 Å². The van der Waals surface area contributed by atoms with Crippen LogP contribution < -0.4 is 0 Å². The van der Waals surface area contributed by atoms with Crippen molar-refractivity contribution >= 4 is 17.7 Å². The summed E-state index contributed by atoms with van der Waals surface area (Å²) in [6.07, 6.45) is 0.832. The summed E-state index contributed by atoms with van der Waals surface area (Å²) < 4.78 is 4.75. The molecule has 0 saturated heterocycles. The molecule has 0 aliphatic carbocycles. The lowest BCUT2D eigenvalue weighted by Crippen LogP contribution is -2.10. The molecule has 0 bridgehead atoms. The largest absolute Gasteiger partial charge is 0.465 e. The van der Waals surface area contributed by atoms with E-state index in [-0.39, 0.29) is 12.0 Å². The molecule has 0 radical (unpaired) electrons. The predicted octanol–water partition coefficient (Wildman–Crippen LogP) is 3.63. The average molecular weight is 263 g/mol. The molecule has 2 rings (SSSR count). The summed E-state index contributed by atoms with van der Waals surface area (Å²) in [7, 11) is 1.37. The Kier molecular flexibility index (Phi) is 3.79.